The predicted octanol–water partition coefficient (Wildman–Crippen LogP) is 2.92. The Morgan fingerprint density at radius 1 is 0.933 bits per heavy atom. The Hall–Kier alpha value is -2.03. The van der Waals surface area contributed by atoms with E-state index in [1.54, 1.807) is 18.3 Å². The summed E-state index contributed by atoms with van der Waals surface area (Å²) in [5.74, 6) is -0.439. The molecule has 0 aliphatic heterocycles. The van der Waals surface area contributed by atoms with Gasteiger partial charge in [-0.1, -0.05) is 12.1 Å². The Morgan fingerprint density at radius 3 is 2.80 bits per heavy atom. The van der Waals surface area contributed by atoms with E-state index in [0.717, 1.165) is 16.3 Å². The lowest BCUT2D eigenvalue weighted by Crippen LogP contribution is -1.87. The van der Waals surface area contributed by atoms with E-state index in [0.29, 0.717) is 5.39 Å². The van der Waals surface area contributed by atoms with Crippen molar-refractivity contribution in [2.45, 2.75) is 0 Å². The van der Waals surface area contributed by atoms with Crippen molar-refractivity contribution >= 4 is 21.7 Å². The Balaban J connectivity index is 2.64. The SMILES string of the molecule is Fc1nccc2ccc3ncccc3c12. The van der Waals surface area contributed by atoms with Crippen LogP contribution in [0.15, 0.2) is 42.7 Å². The highest BCUT2D eigenvalue weighted by atomic mass is 19.1. The Labute approximate surface area is 85.4 Å². The number of aromatic nitrogens is 2. The van der Waals surface area contributed by atoms with Gasteiger partial charge in [-0.3, -0.25) is 4.98 Å². The third kappa shape index (κ3) is 1.16. The topological polar surface area (TPSA) is 25.8 Å². The first-order valence-corrected chi connectivity index (χ1v) is 4.64. The van der Waals surface area contributed by atoms with Gasteiger partial charge in [0.25, 0.3) is 0 Å². The van der Waals surface area contributed by atoms with Crippen molar-refractivity contribution in [2.24, 2.45) is 0 Å². The van der Waals surface area contributed by atoms with Crippen LogP contribution >= 0.6 is 0 Å². The molecule has 15 heavy (non-hydrogen) atoms. The zero-order valence-corrected chi connectivity index (χ0v) is 7.81. The fourth-order valence-electron chi connectivity index (χ4n) is 1.79. The van der Waals surface area contributed by atoms with Gasteiger partial charge in [-0.05, 0) is 23.6 Å². The van der Waals surface area contributed by atoms with Gasteiger partial charge in [0.05, 0.1) is 5.52 Å². The van der Waals surface area contributed by atoms with E-state index < -0.39 is 5.95 Å². The average molecular weight is 198 g/mol. The molecule has 0 fully saturated rings. The van der Waals surface area contributed by atoms with E-state index in [2.05, 4.69) is 9.97 Å². The van der Waals surface area contributed by atoms with Crippen LogP contribution in [0.4, 0.5) is 4.39 Å². The maximum absolute atomic E-state index is 13.6. The maximum atomic E-state index is 13.6. The van der Waals surface area contributed by atoms with Crippen molar-refractivity contribution in [1.29, 1.82) is 0 Å². The van der Waals surface area contributed by atoms with Gasteiger partial charge in [0.2, 0.25) is 5.95 Å². The van der Waals surface area contributed by atoms with Crippen molar-refractivity contribution in [2.75, 3.05) is 0 Å². The highest BCUT2D eigenvalue weighted by Crippen LogP contribution is 2.24. The van der Waals surface area contributed by atoms with E-state index in [1.165, 1.54) is 6.20 Å². The van der Waals surface area contributed by atoms with E-state index >= 15 is 0 Å². The van der Waals surface area contributed by atoms with E-state index in [1.807, 2.05) is 18.2 Å². The number of hydrogen-bond acceptors (Lipinski definition) is 2. The summed E-state index contributed by atoms with van der Waals surface area (Å²) in [6.45, 7) is 0. The van der Waals surface area contributed by atoms with Gasteiger partial charge in [0.15, 0.2) is 0 Å². The van der Waals surface area contributed by atoms with Crippen LogP contribution in [0.3, 0.4) is 0 Å². The molecule has 0 N–H and O–H groups in total. The minimum atomic E-state index is -0.439. The second-order valence-corrected chi connectivity index (χ2v) is 3.34. The molecule has 0 saturated carbocycles. The zero-order valence-electron chi connectivity index (χ0n) is 7.81. The summed E-state index contributed by atoms with van der Waals surface area (Å²) in [5, 5.41) is 2.20. The highest BCUT2D eigenvalue weighted by Gasteiger charge is 2.05. The van der Waals surface area contributed by atoms with Crippen LogP contribution in [-0.2, 0) is 0 Å². The number of halogens is 1. The Bertz CT molecular complexity index is 649. The predicted molar refractivity (Wildman–Crippen MR) is 57.0 cm³/mol. The van der Waals surface area contributed by atoms with Gasteiger partial charge in [-0.25, -0.2) is 4.98 Å². The van der Waals surface area contributed by atoms with Gasteiger partial charge >= 0.3 is 0 Å². The quantitative estimate of drug-likeness (QED) is 0.410. The van der Waals surface area contributed by atoms with Crippen LogP contribution in [0, 0.1) is 5.95 Å². The molecule has 0 unspecified atom stereocenters. The number of rotatable bonds is 0. The Kier molecular flexibility index (Phi) is 1.65. The van der Waals surface area contributed by atoms with Crippen molar-refractivity contribution in [3.05, 3.63) is 48.7 Å². The molecule has 0 bridgehead atoms. The van der Waals surface area contributed by atoms with Crippen LogP contribution in [-0.4, -0.2) is 9.97 Å². The standard InChI is InChI=1S/C12H7FN2/c13-12-11-8(5-7-15-12)3-4-10-9(11)2-1-6-14-10/h1-7H. The Morgan fingerprint density at radius 2 is 1.87 bits per heavy atom. The van der Waals surface area contributed by atoms with Crippen molar-refractivity contribution in [3.8, 4) is 0 Å². The lowest BCUT2D eigenvalue weighted by molar-refractivity contribution is 0.597. The molecule has 72 valence electrons. The van der Waals surface area contributed by atoms with Crippen LogP contribution < -0.4 is 0 Å². The van der Waals surface area contributed by atoms with Gasteiger partial charge in [0, 0.05) is 23.2 Å². The summed E-state index contributed by atoms with van der Waals surface area (Å²) in [5.41, 5.74) is 0.789. The third-order valence-corrected chi connectivity index (χ3v) is 2.47. The smallest absolute Gasteiger partial charge is 0.221 e. The first-order valence-electron chi connectivity index (χ1n) is 4.64. The summed E-state index contributed by atoms with van der Waals surface area (Å²) in [6, 6.07) is 9.20. The molecule has 0 aliphatic rings. The molecule has 2 aromatic heterocycles. The molecule has 0 atom stereocenters. The highest BCUT2D eigenvalue weighted by molar-refractivity contribution is 6.05. The molecule has 3 rings (SSSR count). The zero-order chi connectivity index (χ0) is 10.3. The average Bonchev–Trinajstić information content (AvgIpc) is 2.29. The first kappa shape index (κ1) is 8.29. The molecule has 0 aliphatic carbocycles. The lowest BCUT2D eigenvalue weighted by atomic mass is 10.1. The van der Waals surface area contributed by atoms with Crippen LogP contribution in [0.1, 0.15) is 0 Å². The lowest BCUT2D eigenvalue weighted by Gasteiger charge is -2.02. The minimum Gasteiger partial charge on any atom is -0.256 e. The maximum Gasteiger partial charge on any atom is 0.221 e. The summed E-state index contributed by atoms with van der Waals surface area (Å²) >= 11 is 0. The molecule has 0 amide bonds. The summed E-state index contributed by atoms with van der Waals surface area (Å²) in [7, 11) is 0. The van der Waals surface area contributed by atoms with Crippen LogP contribution in [0.5, 0.6) is 0 Å². The fraction of sp³-hybridized carbons (Fsp3) is 0. The van der Waals surface area contributed by atoms with Crippen molar-refractivity contribution in [3.63, 3.8) is 0 Å². The number of hydrogen-bond donors (Lipinski definition) is 0. The van der Waals surface area contributed by atoms with E-state index in [-0.39, 0.29) is 0 Å². The summed E-state index contributed by atoms with van der Waals surface area (Å²) in [6.07, 6.45) is 3.17. The largest absolute Gasteiger partial charge is 0.256 e. The van der Waals surface area contributed by atoms with Gasteiger partial charge in [-0.2, -0.15) is 4.39 Å². The summed E-state index contributed by atoms with van der Waals surface area (Å²) in [4.78, 5) is 7.84. The number of benzene rings is 1. The number of nitrogens with zero attached hydrogens (tertiary/aromatic N) is 2. The monoisotopic (exact) mass is 198 g/mol. The second-order valence-electron chi connectivity index (χ2n) is 3.34. The molecule has 0 saturated heterocycles. The van der Waals surface area contributed by atoms with E-state index in [9.17, 15) is 4.39 Å². The van der Waals surface area contributed by atoms with Gasteiger partial charge < -0.3 is 0 Å². The molecule has 1 aromatic carbocycles. The third-order valence-electron chi connectivity index (χ3n) is 2.47. The normalized spacial score (nSPS) is 11.0. The molecule has 0 spiro atoms. The molecular formula is C12H7FN2. The number of fused-ring (bicyclic) bond motifs is 3. The first-order chi connectivity index (χ1) is 7.36. The number of pyridine rings is 2. The van der Waals surface area contributed by atoms with Gasteiger partial charge in [-0.15, -0.1) is 0 Å². The molecule has 0 radical (unpaired) electrons. The summed E-state index contributed by atoms with van der Waals surface area (Å²) < 4.78 is 13.6. The van der Waals surface area contributed by atoms with E-state index in [4.69, 9.17) is 0 Å². The minimum absolute atomic E-state index is 0.439. The molecule has 3 aromatic rings. The molecule has 3 heteroatoms. The van der Waals surface area contributed by atoms with Crippen molar-refractivity contribution < 1.29 is 4.39 Å². The van der Waals surface area contributed by atoms with Crippen LogP contribution in [0.2, 0.25) is 0 Å². The molecule has 2 heterocycles. The van der Waals surface area contributed by atoms with Gasteiger partial charge in [0.1, 0.15) is 0 Å². The molecule has 2 nitrogen and oxygen atoms in total. The molecular weight excluding hydrogens is 191 g/mol. The second kappa shape index (κ2) is 2.98. The van der Waals surface area contributed by atoms with Crippen molar-refractivity contribution in [1.82, 2.24) is 9.97 Å². The fourth-order valence-corrected chi connectivity index (χ4v) is 1.79. The van der Waals surface area contributed by atoms with Crippen LogP contribution in [0.25, 0.3) is 21.7 Å².